The van der Waals surface area contributed by atoms with Gasteiger partial charge in [-0.2, -0.15) is 0 Å². The molecule has 0 bridgehead atoms. The number of carboxylic acid groups (broad SMARTS) is 1. The van der Waals surface area contributed by atoms with Crippen molar-refractivity contribution in [3.8, 4) is 11.8 Å². The van der Waals surface area contributed by atoms with Crippen molar-refractivity contribution in [1.82, 2.24) is 5.16 Å². The van der Waals surface area contributed by atoms with Crippen molar-refractivity contribution in [2.45, 2.75) is 25.9 Å². The van der Waals surface area contributed by atoms with Crippen LogP contribution in [0.3, 0.4) is 0 Å². The van der Waals surface area contributed by atoms with Gasteiger partial charge in [0.2, 0.25) is 5.76 Å². The smallest absolute Gasteiger partial charge is 0.412 e. The molecule has 162 valence electrons. The number of hydrogen-bond acceptors (Lipinski definition) is 6. The molecule has 2 unspecified atom stereocenters. The van der Waals surface area contributed by atoms with Crippen LogP contribution in [0.15, 0.2) is 53.1 Å². The van der Waals surface area contributed by atoms with Gasteiger partial charge in [-0.05, 0) is 43.0 Å². The zero-order valence-electron chi connectivity index (χ0n) is 17.5. The van der Waals surface area contributed by atoms with Crippen LogP contribution < -0.4 is 10.6 Å². The fourth-order valence-electron chi connectivity index (χ4n) is 3.45. The second-order valence-electron chi connectivity index (χ2n) is 7.38. The highest BCUT2D eigenvalue weighted by atomic mass is 16.6. The van der Waals surface area contributed by atoms with Gasteiger partial charge in [0.1, 0.15) is 23.4 Å². The van der Waals surface area contributed by atoms with Gasteiger partial charge in [0, 0.05) is 17.8 Å². The van der Waals surface area contributed by atoms with Crippen molar-refractivity contribution >= 4 is 23.4 Å². The second-order valence-corrected chi connectivity index (χ2v) is 7.38. The largest absolute Gasteiger partial charge is 0.481 e. The number of nitrogens with zero attached hydrogens (tertiary/aromatic N) is 1. The number of carbonyl (C=O) groups is 2. The van der Waals surface area contributed by atoms with Gasteiger partial charge in [0.25, 0.3) is 0 Å². The van der Waals surface area contributed by atoms with Crippen LogP contribution in [-0.4, -0.2) is 28.9 Å². The molecule has 0 spiro atoms. The SMILES string of the molecule is Cc1noc(C#Cc2ccc3c(c2)NCC3C(=O)O)c1NC(=O)OC(C)c1ccccc1. The lowest BCUT2D eigenvalue weighted by atomic mass is 10.0. The van der Waals surface area contributed by atoms with Gasteiger partial charge in [-0.1, -0.05) is 47.5 Å². The van der Waals surface area contributed by atoms with E-state index in [1.807, 2.05) is 30.3 Å². The zero-order valence-corrected chi connectivity index (χ0v) is 17.5. The summed E-state index contributed by atoms with van der Waals surface area (Å²) in [7, 11) is 0. The molecule has 8 nitrogen and oxygen atoms in total. The summed E-state index contributed by atoms with van der Waals surface area (Å²) in [4.78, 5) is 23.7. The summed E-state index contributed by atoms with van der Waals surface area (Å²) in [5.74, 6) is 4.61. The minimum atomic E-state index is -0.864. The normalized spacial score (nSPS) is 15.0. The lowest BCUT2D eigenvalue weighted by Gasteiger charge is -2.13. The van der Waals surface area contributed by atoms with Gasteiger partial charge in [0.05, 0.1) is 0 Å². The summed E-state index contributed by atoms with van der Waals surface area (Å²) in [6.07, 6.45) is -1.07. The highest BCUT2D eigenvalue weighted by Crippen LogP contribution is 2.32. The van der Waals surface area contributed by atoms with Crippen molar-refractivity contribution in [2.24, 2.45) is 0 Å². The third-order valence-corrected chi connectivity index (χ3v) is 5.19. The van der Waals surface area contributed by atoms with E-state index in [1.165, 1.54) is 0 Å². The lowest BCUT2D eigenvalue weighted by Crippen LogP contribution is -2.16. The molecule has 2 atom stereocenters. The van der Waals surface area contributed by atoms with Gasteiger partial charge in [-0.15, -0.1) is 0 Å². The maximum Gasteiger partial charge on any atom is 0.412 e. The number of aryl methyl sites for hydroxylation is 1. The van der Waals surface area contributed by atoms with Crippen LogP contribution in [-0.2, 0) is 9.53 Å². The monoisotopic (exact) mass is 431 g/mol. The molecule has 2 heterocycles. The Balaban J connectivity index is 1.48. The number of aliphatic carboxylic acids is 1. The minimum Gasteiger partial charge on any atom is -0.481 e. The van der Waals surface area contributed by atoms with E-state index in [2.05, 4.69) is 27.6 Å². The number of fused-ring (bicyclic) bond motifs is 1. The molecular weight excluding hydrogens is 410 g/mol. The van der Waals surface area contributed by atoms with Crippen molar-refractivity contribution in [2.75, 3.05) is 17.2 Å². The Morgan fingerprint density at radius 1 is 1.25 bits per heavy atom. The molecule has 0 aliphatic carbocycles. The van der Waals surface area contributed by atoms with E-state index in [4.69, 9.17) is 9.26 Å². The Kier molecular flexibility index (Phi) is 5.81. The van der Waals surface area contributed by atoms with E-state index in [0.717, 1.165) is 16.8 Å². The van der Waals surface area contributed by atoms with Crippen molar-refractivity contribution in [1.29, 1.82) is 0 Å². The van der Waals surface area contributed by atoms with Crippen LogP contribution in [0.1, 0.15) is 47.1 Å². The molecule has 3 aromatic rings. The first-order valence-corrected chi connectivity index (χ1v) is 10.0. The predicted molar refractivity (Wildman–Crippen MR) is 117 cm³/mol. The Bertz CT molecular complexity index is 1220. The molecule has 3 N–H and O–H groups in total. The number of aromatic nitrogens is 1. The molecule has 0 saturated heterocycles. The van der Waals surface area contributed by atoms with Gasteiger partial charge in [-0.3, -0.25) is 10.1 Å². The lowest BCUT2D eigenvalue weighted by molar-refractivity contribution is -0.138. The molecule has 1 aromatic heterocycles. The number of nitrogens with one attached hydrogen (secondary N) is 2. The highest BCUT2D eigenvalue weighted by Gasteiger charge is 2.28. The van der Waals surface area contributed by atoms with Crippen LogP contribution in [0.4, 0.5) is 16.2 Å². The summed E-state index contributed by atoms with van der Waals surface area (Å²) in [5, 5.41) is 18.9. The molecule has 2 aromatic carbocycles. The number of carboxylic acids is 1. The number of ether oxygens (including phenoxy) is 1. The molecule has 0 fully saturated rings. The first kappa shape index (κ1) is 21.0. The van der Waals surface area contributed by atoms with E-state index < -0.39 is 24.1 Å². The van der Waals surface area contributed by atoms with E-state index in [-0.39, 0.29) is 5.76 Å². The van der Waals surface area contributed by atoms with Crippen molar-refractivity contribution in [3.05, 3.63) is 76.7 Å². The summed E-state index contributed by atoms with van der Waals surface area (Å²) in [6, 6.07) is 14.7. The van der Waals surface area contributed by atoms with Crippen molar-refractivity contribution < 1.29 is 24.0 Å². The van der Waals surface area contributed by atoms with Gasteiger partial charge in [0.15, 0.2) is 0 Å². The van der Waals surface area contributed by atoms with Gasteiger partial charge < -0.3 is 19.7 Å². The number of rotatable bonds is 4. The molecule has 0 radical (unpaired) electrons. The molecule has 4 rings (SSSR count). The summed E-state index contributed by atoms with van der Waals surface area (Å²) < 4.78 is 10.7. The molecule has 0 saturated carbocycles. The minimum absolute atomic E-state index is 0.198. The molecule has 32 heavy (non-hydrogen) atoms. The third-order valence-electron chi connectivity index (χ3n) is 5.19. The van der Waals surface area contributed by atoms with Crippen LogP contribution >= 0.6 is 0 Å². The molecule has 1 amide bonds. The highest BCUT2D eigenvalue weighted by molar-refractivity contribution is 5.87. The van der Waals surface area contributed by atoms with E-state index in [9.17, 15) is 14.7 Å². The number of hydrogen-bond donors (Lipinski definition) is 3. The third kappa shape index (κ3) is 4.42. The van der Waals surface area contributed by atoms with E-state index in [0.29, 0.717) is 23.5 Å². The summed E-state index contributed by atoms with van der Waals surface area (Å²) in [5.41, 5.74) is 3.83. The summed E-state index contributed by atoms with van der Waals surface area (Å²) >= 11 is 0. The fourth-order valence-corrected chi connectivity index (χ4v) is 3.45. The second kappa shape index (κ2) is 8.86. The Morgan fingerprint density at radius 2 is 2.03 bits per heavy atom. The topological polar surface area (TPSA) is 114 Å². The quantitative estimate of drug-likeness (QED) is 0.528. The van der Waals surface area contributed by atoms with Crippen molar-refractivity contribution in [3.63, 3.8) is 0 Å². The predicted octanol–water partition coefficient (Wildman–Crippen LogP) is 4.29. The van der Waals surface area contributed by atoms with Crippen LogP contribution in [0.25, 0.3) is 0 Å². The van der Waals surface area contributed by atoms with E-state index >= 15 is 0 Å². The molecule has 8 heteroatoms. The maximum absolute atomic E-state index is 12.4. The number of anilines is 2. The van der Waals surface area contributed by atoms with Gasteiger partial charge >= 0.3 is 12.1 Å². The Hall–Kier alpha value is -4.25. The van der Waals surface area contributed by atoms with Gasteiger partial charge in [-0.25, -0.2) is 4.79 Å². The average Bonchev–Trinajstić information content (AvgIpc) is 3.36. The summed E-state index contributed by atoms with van der Waals surface area (Å²) in [6.45, 7) is 3.82. The Labute approximate surface area is 184 Å². The average molecular weight is 431 g/mol. The molecular formula is C24H21N3O5. The fraction of sp³-hybridized carbons (Fsp3) is 0.208. The van der Waals surface area contributed by atoms with E-state index in [1.54, 1.807) is 32.0 Å². The first-order chi connectivity index (χ1) is 15.4. The molecule has 1 aliphatic rings. The standard InChI is InChI=1S/C24H21N3O5/c1-14-22(26-24(30)31-15(2)17-6-4-3-5-7-17)21(32-27-14)11-9-16-8-10-18-19(23(28)29)13-25-20(18)12-16/h3-8,10,12,15,19,25H,13H2,1-2H3,(H,26,30)(H,28,29). The maximum atomic E-state index is 12.4. The number of carbonyl (C=O) groups excluding carboxylic acids is 1. The first-order valence-electron chi connectivity index (χ1n) is 10.0. The van der Waals surface area contributed by atoms with Crippen LogP contribution in [0.5, 0.6) is 0 Å². The van der Waals surface area contributed by atoms with Crippen LogP contribution in [0, 0.1) is 18.8 Å². The van der Waals surface area contributed by atoms with Crippen LogP contribution in [0.2, 0.25) is 0 Å². The number of benzene rings is 2. The molecule has 1 aliphatic heterocycles. The zero-order chi connectivity index (χ0) is 22.7. The Morgan fingerprint density at radius 3 is 2.78 bits per heavy atom. The number of amides is 1.